The van der Waals surface area contributed by atoms with Crippen LogP contribution in [0.3, 0.4) is 0 Å². The van der Waals surface area contributed by atoms with Crippen LogP contribution in [0, 0.1) is 18.3 Å². The molecule has 5 heteroatoms. The number of nitrogens with one attached hydrogen (secondary N) is 1. The fourth-order valence-corrected chi connectivity index (χ4v) is 3.76. The summed E-state index contributed by atoms with van der Waals surface area (Å²) in [6.07, 6.45) is 0.836. The van der Waals surface area contributed by atoms with E-state index in [1.54, 1.807) is 4.90 Å². The average molecular weight is 328 g/mol. The summed E-state index contributed by atoms with van der Waals surface area (Å²) >= 11 is 0. The van der Waals surface area contributed by atoms with Crippen molar-refractivity contribution in [1.29, 1.82) is 0 Å². The molecule has 5 nitrogen and oxygen atoms in total. The maximum atomic E-state index is 12.8. The van der Waals surface area contributed by atoms with Gasteiger partial charge < -0.3 is 15.0 Å². The number of aryl methyl sites for hydroxylation is 1. The number of carbonyl (C=O) groups excluding carboxylic acids is 1. The van der Waals surface area contributed by atoms with E-state index in [1.807, 2.05) is 45.0 Å². The van der Waals surface area contributed by atoms with E-state index >= 15 is 0 Å². The van der Waals surface area contributed by atoms with Crippen LogP contribution in [-0.2, 0) is 16.0 Å². The topological polar surface area (TPSA) is 73.4 Å². The van der Waals surface area contributed by atoms with Gasteiger partial charge in [0.2, 0.25) is 5.91 Å². The van der Waals surface area contributed by atoms with Crippen LogP contribution in [0.25, 0.3) is 10.9 Å². The molecule has 1 fully saturated rings. The fourth-order valence-electron chi connectivity index (χ4n) is 3.76. The first-order valence-electron chi connectivity index (χ1n) is 8.42. The number of benzene rings is 1. The molecule has 1 unspecified atom stereocenters. The number of H-pyrrole nitrogens is 1. The molecule has 2 N–H and O–H groups in total. The lowest BCUT2D eigenvalue weighted by atomic mass is 9.76. The Kier molecular flexibility index (Phi) is 4.11. The zero-order valence-electron chi connectivity index (χ0n) is 14.4. The summed E-state index contributed by atoms with van der Waals surface area (Å²) in [5, 5.41) is 10.7. The van der Waals surface area contributed by atoms with Gasteiger partial charge in [-0.2, -0.15) is 0 Å². The van der Waals surface area contributed by atoms with Gasteiger partial charge in [-0.25, -0.2) is 0 Å². The van der Waals surface area contributed by atoms with E-state index in [-0.39, 0.29) is 11.8 Å². The highest BCUT2D eigenvalue weighted by molar-refractivity contribution is 5.90. The highest BCUT2D eigenvalue weighted by Gasteiger charge is 2.48. The molecular formula is C19H24N2O3. The van der Waals surface area contributed by atoms with E-state index < -0.39 is 11.4 Å². The summed E-state index contributed by atoms with van der Waals surface area (Å²) in [7, 11) is 0. The fraction of sp³-hybridized carbons (Fsp3) is 0.474. The Hall–Kier alpha value is -2.30. The summed E-state index contributed by atoms with van der Waals surface area (Å²) in [5.41, 5.74) is 2.22. The zero-order valence-corrected chi connectivity index (χ0v) is 14.4. The van der Waals surface area contributed by atoms with Gasteiger partial charge in [0.25, 0.3) is 0 Å². The second-order valence-electron chi connectivity index (χ2n) is 7.13. The number of amides is 1. The summed E-state index contributed by atoms with van der Waals surface area (Å²) < 4.78 is 0. The molecule has 0 bridgehead atoms. The Labute approximate surface area is 141 Å². The van der Waals surface area contributed by atoms with Gasteiger partial charge in [0.1, 0.15) is 0 Å². The van der Waals surface area contributed by atoms with Crippen molar-refractivity contribution in [3.63, 3.8) is 0 Å². The SMILES string of the molecule is Cc1[nH]c2ccccc2c1CC(=O)N1CCC(C(=O)O)(C(C)C)C1. The van der Waals surface area contributed by atoms with E-state index in [9.17, 15) is 14.7 Å². The molecule has 0 saturated carbocycles. The number of aromatic nitrogens is 1. The second kappa shape index (κ2) is 5.96. The number of fused-ring (bicyclic) bond motifs is 1. The average Bonchev–Trinajstić information content (AvgIpc) is 3.11. The summed E-state index contributed by atoms with van der Waals surface area (Å²) in [6.45, 7) is 6.64. The quantitative estimate of drug-likeness (QED) is 0.906. The predicted molar refractivity (Wildman–Crippen MR) is 92.8 cm³/mol. The van der Waals surface area contributed by atoms with Gasteiger partial charge in [-0.15, -0.1) is 0 Å². The zero-order chi connectivity index (χ0) is 17.5. The lowest BCUT2D eigenvalue weighted by Gasteiger charge is -2.28. The third kappa shape index (κ3) is 2.58. The van der Waals surface area contributed by atoms with E-state index in [0.717, 1.165) is 22.2 Å². The maximum absolute atomic E-state index is 12.8. The van der Waals surface area contributed by atoms with Crippen molar-refractivity contribution < 1.29 is 14.7 Å². The van der Waals surface area contributed by atoms with Crippen LogP contribution in [0.1, 0.15) is 31.5 Å². The van der Waals surface area contributed by atoms with Crippen molar-refractivity contribution in [1.82, 2.24) is 9.88 Å². The number of rotatable bonds is 4. The Morgan fingerprint density at radius 2 is 2.04 bits per heavy atom. The van der Waals surface area contributed by atoms with E-state index in [1.165, 1.54) is 0 Å². The molecule has 1 atom stereocenters. The molecule has 1 aromatic carbocycles. The lowest BCUT2D eigenvalue weighted by molar-refractivity contribution is -0.151. The van der Waals surface area contributed by atoms with Gasteiger partial charge in [0, 0.05) is 29.7 Å². The van der Waals surface area contributed by atoms with Gasteiger partial charge in [0.15, 0.2) is 0 Å². The van der Waals surface area contributed by atoms with Crippen LogP contribution >= 0.6 is 0 Å². The molecule has 0 spiro atoms. The van der Waals surface area contributed by atoms with Crippen LogP contribution in [0.15, 0.2) is 24.3 Å². The Morgan fingerprint density at radius 1 is 1.33 bits per heavy atom. The normalized spacial score (nSPS) is 20.9. The van der Waals surface area contributed by atoms with Gasteiger partial charge in [-0.3, -0.25) is 9.59 Å². The van der Waals surface area contributed by atoms with Crippen molar-refractivity contribution in [2.24, 2.45) is 11.3 Å². The molecule has 1 aliphatic rings. The largest absolute Gasteiger partial charge is 0.481 e. The number of nitrogens with zero attached hydrogens (tertiary/aromatic N) is 1. The smallest absolute Gasteiger partial charge is 0.311 e. The van der Waals surface area contributed by atoms with E-state index in [0.29, 0.717) is 25.9 Å². The molecule has 1 amide bonds. The molecular weight excluding hydrogens is 304 g/mol. The van der Waals surface area contributed by atoms with Gasteiger partial charge in [0.05, 0.1) is 11.8 Å². The Balaban J connectivity index is 1.81. The number of aliphatic carboxylic acids is 1. The van der Waals surface area contributed by atoms with Crippen molar-refractivity contribution >= 4 is 22.8 Å². The first kappa shape index (κ1) is 16.6. The van der Waals surface area contributed by atoms with Crippen LogP contribution in [0.2, 0.25) is 0 Å². The molecule has 128 valence electrons. The monoisotopic (exact) mass is 328 g/mol. The third-order valence-corrected chi connectivity index (χ3v) is 5.54. The van der Waals surface area contributed by atoms with Gasteiger partial charge in [-0.05, 0) is 30.9 Å². The molecule has 2 heterocycles. The number of carbonyl (C=O) groups is 2. The maximum Gasteiger partial charge on any atom is 0.311 e. The number of aromatic amines is 1. The minimum absolute atomic E-state index is 0.00243. The number of para-hydroxylation sites is 1. The molecule has 1 aromatic heterocycles. The Bertz CT molecular complexity index is 793. The molecule has 24 heavy (non-hydrogen) atoms. The van der Waals surface area contributed by atoms with Crippen molar-refractivity contribution in [3.8, 4) is 0 Å². The standard InChI is InChI=1S/C19H24N2O3/c1-12(2)19(18(23)24)8-9-21(11-19)17(22)10-15-13(3)20-16-7-5-4-6-14(15)16/h4-7,12,20H,8-11H2,1-3H3,(H,23,24). The Morgan fingerprint density at radius 3 is 2.67 bits per heavy atom. The number of carboxylic acids is 1. The minimum atomic E-state index is -0.815. The third-order valence-electron chi connectivity index (χ3n) is 5.54. The molecule has 3 rings (SSSR count). The van der Waals surface area contributed by atoms with Crippen LogP contribution in [-0.4, -0.2) is 40.0 Å². The van der Waals surface area contributed by atoms with Gasteiger partial charge >= 0.3 is 5.97 Å². The lowest BCUT2D eigenvalue weighted by Crippen LogP contribution is -2.41. The van der Waals surface area contributed by atoms with Crippen LogP contribution < -0.4 is 0 Å². The van der Waals surface area contributed by atoms with Crippen LogP contribution in [0.4, 0.5) is 0 Å². The number of hydrogen-bond acceptors (Lipinski definition) is 2. The van der Waals surface area contributed by atoms with Gasteiger partial charge in [-0.1, -0.05) is 32.0 Å². The minimum Gasteiger partial charge on any atom is -0.481 e. The molecule has 0 aliphatic carbocycles. The molecule has 0 radical (unpaired) electrons. The van der Waals surface area contributed by atoms with Crippen LogP contribution in [0.5, 0.6) is 0 Å². The van der Waals surface area contributed by atoms with Crippen molar-refractivity contribution in [2.45, 2.75) is 33.6 Å². The number of likely N-dealkylation sites (tertiary alicyclic amines) is 1. The molecule has 2 aromatic rings. The first-order chi connectivity index (χ1) is 11.3. The van der Waals surface area contributed by atoms with Crippen molar-refractivity contribution in [3.05, 3.63) is 35.5 Å². The summed E-state index contributed by atoms with van der Waals surface area (Å²) in [5.74, 6) is -0.787. The highest BCUT2D eigenvalue weighted by Crippen LogP contribution is 2.38. The predicted octanol–water partition coefficient (Wildman–Crippen LogP) is 2.98. The van der Waals surface area contributed by atoms with E-state index in [2.05, 4.69) is 4.98 Å². The highest BCUT2D eigenvalue weighted by atomic mass is 16.4. The second-order valence-corrected chi connectivity index (χ2v) is 7.13. The molecule has 1 saturated heterocycles. The first-order valence-corrected chi connectivity index (χ1v) is 8.42. The van der Waals surface area contributed by atoms with Crippen molar-refractivity contribution in [2.75, 3.05) is 13.1 Å². The summed E-state index contributed by atoms with van der Waals surface area (Å²) in [6, 6.07) is 7.95. The molecule has 1 aliphatic heterocycles. The summed E-state index contributed by atoms with van der Waals surface area (Å²) in [4.78, 5) is 29.5. The number of hydrogen-bond donors (Lipinski definition) is 2. The van der Waals surface area contributed by atoms with E-state index in [4.69, 9.17) is 0 Å². The number of carboxylic acid groups (broad SMARTS) is 1.